The lowest BCUT2D eigenvalue weighted by atomic mass is 10.1. The van der Waals surface area contributed by atoms with Gasteiger partial charge in [0.05, 0.1) is 13.2 Å². The summed E-state index contributed by atoms with van der Waals surface area (Å²) < 4.78 is 31.2. The van der Waals surface area contributed by atoms with Crippen LogP contribution in [0.4, 0.5) is 8.78 Å². The highest BCUT2D eigenvalue weighted by Crippen LogP contribution is 2.11. The molecule has 0 bridgehead atoms. The van der Waals surface area contributed by atoms with Crippen LogP contribution in [0.15, 0.2) is 18.2 Å². The number of nitrogens with one attached hydrogen (secondary N) is 1. The summed E-state index contributed by atoms with van der Waals surface area (Å²) in [5.74, 6) is -1.84. The Morgan fingerprint density at radius 2 is 2.25 bits per heavy atom. The highest BCUT2D eigenvalue weighted by Gasteiger charge is 2.19. The van der Waals surface area contributed by atoms with Crippen molar-refractivity contribution in [3.05, 3.63) is 35.4 Å². The minimum Gasteiger partial charge on any atom is -0.378 e. The first kappa shape index (κ1) is 14.9. The second-order valence-electron chi connectivity index (χ2n) is 4.93. The Hall–Kier alpha value is -1.53. The largest absolute Gasteiger partial charge is 0.378 e. The highest BCUT2D eigenvalue weighted by molar-refractivity contribution is 5.76. The number of halogens is 2. The van der Waals surface area contributed by atoms with Gasteiger partial charge in [-0.05, 0) is 17.7 Å². The lowest BCUT2D eigenvalue weighted by molar-refractivity contribution is -0.131. The molecule has 0 aromatic heterocycles. The molecule has 1 aliphatic rings. The Kier molecular flexibility index (Phi) is 5.03. The zero-order valence-electron chi connectivity index (χ0n) is 11.4. The fraction of sp³-hybridized carbons (Fsp3) is 0.500. The van der Waals surface area contributed by atoms with Crippen LogP contribution in [0.1, 0.15) is 12.0 Å². The van der Waals surface area contributed by atoms with Gasteiger partial charge in [0.1, 0.15) is 0 Å². The van der Waals surface area contributed by atoms with Crippen LogP contribution in [0, 0.1) is 11.6 Å². The van der Waals surface area contributed by atoms with Crippen molar-refractivity contribution < 1.29 is 18.3 Å². The van der Waals surface area contributed by atoms with Crippen LogP contribution in [-0.2, 0) is 16.1 Å². The lowest BCUT2D eigenvalue weighted by Gasteiger charge is -2.25. The van der Waals surface area contributed by atoms with E-state index < -0.39 is 11.6 Å². The molecule has 1 N–H and O–H groups in total. The Bertz CT molecular complexity index is 476. The second kappa shape index (κ2) is 6.76. The maximum Gasteiger partial charge on any atom is 0.224 e. The van der Waals surface area contributed by atoms with Gasteiger partial charge in [0.25, 0.3) is 0 Å². The van der Waals surface area contributed by atoms with Crippen LogP contribution in [-0.4, -0.2) is 43.7 Å². The average Bonchev–Trinajstić information content (AvgIpc) is 2.44. The molecule has 110 valence electrons. The Labute approximate surface area is 116 Å². The number of hydrogen-bond donors (Lipinski definition) is 1. The summed E-state index contributed by atoms with van der Waals surface area (Å²) in [6.45, 7) is 2.18. The maximum absolute atomic E-state index is 13.1. The van der Waals surface area contributed by atoms with Gasteiger partial charge in [-0.15, -0.1) is 0 Å². The lowest BCUT2D eigenvalue weighted by Crippen LogP contribution is -2.44. The molecule has 1 fully saturated rings. The summed E-state index contributed by atoms with van der Waals surface area (Å²) in [6, 6.07) is 3.67. The zero-order valence-corrected chi connectivity index (χ0v) is 11.4. The monoisotopic (exact) mass is 284 g/mol. The molecule has 2 rings (SSSR count). The quantitative estimate of drug-likeness (QED) is 0.906. The Balaban J connectivity index is 1.88. The van der Waals surface area contributed by atoms with E-state index in [0.717, 1.165) is 18.7 Å². The SMILES string of the molecule is CN(Cc1ccc(F)c(F)c1)C(=O)CC1COCCN1. The molecule has 0 spiro atoms. The molecule has 1 heterocycles. The smallest absolute Gasteiger partial charge is 0.224 e. The van der Waals surface area contributed by atoms with Gasteiger partial charge in [0.15, 0.2) is 11.6 Å². The predicted octanol–water partition coefficient (Wildman–Crippen LogP) is 1.30. The van der Waals surface area contributed by atoms with Crippen molar-refractivity contribution in [1.82, 2.24) is 10.2 Å². The molecular formula is C14H18F2N2O2. The maximum atomic E-state index is 13.1. The van der Waals surface area contributed by atoms with Crippen LogP contribution in [0.25, 0.3) is 0 Å². The van der Waals surface area contributed by atoms with Crippen LogP contribution in [0.5, 0.6) is 0 Å². The number of rotatable bonds is 4. The summed E-state index contributed by atoms with van der Waals surface area (Å²) in [5, 5.41) is 3.20. The van der Waals surface area contributed by atoms with Gasteiger partial charge in [-0.25, -0.2) is 8.78 Å². The normalized spacial score (nSPS) is 18.9. The molecule has 1 unspecified atom stereocenters. The van der Waals surface area contributed by atoms with Gasteiger partial charge in [0.2, 0.25) is 5.91 Å². The summed E-state index contributed by atoms with van der Waals surface area (Å²) in [5.41, 5.74) is 0.563. The van der Waals surface area contributed by atoms with Crippen molar-refractivity contribution in [2.75, 3.05) is 26.8 Å². The zero-order chi connectivity index (χ0) is 14.5. The van der Waals surface area contributed by atoms with Gasteiger partial charge < -0.3 is 15.0 Å². The molecule has 0 radical (unpaired) electrons. The van der Waals surface area contributed by atoms with E-state index in [1.54, 1.807) is 7.05 Å². The van der Waals surface area contributed by atoms with E-state index in [1.807, 2.05) is 0 Å². The minimum absolute atomic E-state index is 0.0173. The third-order valence-electron chi connectivity index (χ3n) is 3.25. The second-order valence-corrected chi connectivity index (χ2v) is 4.93. The van der Waals surface area contributed by atoms with Crippen molar-refractivity contribution in [3.63, 3.8) is 0 Å². The number of benzene rings is 1. The third-order valence-corrected chi connectivity index (χ3v) is 3.25. The summed E-state index contributed by atoms with van der Waals surface area (Å²) in [4.78, 5) is 13.5. The molecule has 1 aromatic carbocycles. The summed E-state index contributed by atoms with van der Waals surface area (Å²) >= 11 is 0. The number of carbonyl (C=O) groups is 1. The van der Waals surface area contributed by atoms with Gasteiger partial charge in [-0.1, -0.05) is 6.07 Å². The van der Waals surface area contributed by atoms with Crippen LogP contribution in [0.2, 0.25) is 0 Å². The molecule has 0 aliphatic carbocycles. The molecule has 1 saturated heterocycles. The van der Waals surface area contributed by atoms with E-state index in [9.17, 15) is 13.6 Å². The van der Waals surface area contributed by atoms with Gasteiger partial charge in [-0.2, -0.15) is 0 Å². The molecule has 20 heavy (non-hydrogen) atoms. The van der Waals surface area contributed by atoms with Crippen molar-refractivity contribution >= 4 is 5.91 Å². The molecule has 4 nitrogen and oxygen atoms in total. The van der Waals surface area contributed by atoms with Crippen LogP contribution < -0.4 is 5.32 Å². The number of nitrogens with zero attached hydrogens (tertiary/aromatic N) is 1. The number of hydrogen-bond acceptors (Lipinski definition) is 3. The van der Waals surface area contributed by atoms with E-state index in [-0.39, 0.29) is 18.5 Å². The van der Waals surface area contributed by atoms with Crippen LogP contribution in [0.3, 0.4) is 0 Å². The van der Waals surface area contributed by atoms with E-state index in [0.29, 0.717) is 25.2 Å². The molecule has 1 aliphatic heterocycles. The molecule has 1 amide bonds. The van der Waals surface area contributed by atoms with Gasteiger partial charge in [-0.3, -0.25) is 4.79 Å². The molecule has 6 heteroatoms. The molecule has 1 atom stereocenters. The first-order chi connectivity index (χ1) is 9.56. The average molecular weight is 284 g/mol. The summed E-state index contributed by atoms with van der Waals surface area (Å²) in [6.07, 6.45) is 0.334. The summed E-state index contributed by atoms with van der Waals surface area (Å²) in [7, 11) is 1.65. The standard InChI is InChI=1S/C14H18F2N2O2/c1-18(8-10-2-3-12(15)13(16)6-10)14(19)7-11-9-20-5-4-17-11/h2-3,6,11,17H,4-5,7-9H2,1H3. The Morgan fingerprint density at radius 3 is 2.90 bits per heavy atom. The fourth-order valence-corrected chi connectivity index (χ4v) is 2.12. The third kappa shape index (κ3) is 3.98. The molecular weight excluding hydrogens is 266 g/mol. The van der Waals surface area contributed by atoms with Gasteiger partial charge in [0, 0.05) is 32.6 Å². The number of carbonyl (C=O) groups excluding carboxylic acids is 1. The minimum atomic E-state index is -0.898. The predicted molar refractivity (Wildman–Crippen MR) is 70.1 cm³/mol. The van der Waals surface area contributed by atoms with E-state index in [2.05, 4.69) is 5.32 Å². The fourth-order valence-electron chi connectivity index (χ4n) is 2.12. The number of morpholine rings is 1. The first-order valence-corrected chi connectivity index (χ1v) is 6.55. The molecule has 0 saturated carbocycles. The molecule has 1 aromatic rings. The van der Waals surface area contributed by atoms with Crippen molar-refractivity contribution in [2.24, 2.45) is 0 Å². The highest BCUT2D eigenvalue weighted by atomic mass is 19.2. The Morgan fingerprint density at radius 1 is 1.45 bits per heavy atom. The number of amides is 1. The van der Waals surface area contributed by atoms with E-state index in [1.165, 1.54) is 11.0 Å². The topological polar surface area (TPSA) is 41.6 Å². The van der Waals surface area contributed by atoms with Crippen LogP contribution >= 0.6 is 0 Å². The van der Waals surface area contributed by atoms with Crippen molar-refractivity contribution in [2.45, 2.75) is 19.0 Å². The van der Waals surface area contributed by atoms with Gasteiger partial charge >= 0.3 is 0 Å². The first-order valence-electron chi connectivity index (χ1n) is 6.55. The van der Waals surface area contributed by atoms with E-state index in [4.69, 9.17) is 4.74 Å². The van der Waals surface area contributed by atoms with Crippen molar-refractivity contribution in [1.29, 1.82) is 0 Å². The van der Waals surface area contributed by atoms with E-state index >= 15 is 0 Å². The van der Waals surface area contributed by atoms with Crippen molar-refractivity contribution in [3.8, 4) is 0 Å². The number of ether oxygens (including phenoxy) is 1.